The Morgan fingerprint density at radius 1 is 1.32 bits per heavy atom. The summed E-state index contributed by atoms with van der Waals surface area (Å²) >= 11 is 0. The quantitative estimate of drug-likeness (QED) is 0.848. The summed E-state index contributed by atoms with van der Waals surface area (Å²) in [5.74, 6) is 1.66. The second kappa shape index (κ2) is 6.20. The maximum atomic E-state index is 12.6. The van der Waals surface area contributed by atoms with Gasteiger partial charge in [-0.1, -0.05) is 11.6 Å². The number of nitrogens with two attached hydrogens (primary N) is 1. The number of Topliss-reactive ketones (excluding diaryl/α,β-unsaturated/α-hetero) is 1. The Bertz CT molecular complexity index is 448. The fraction of sp³-hybridized carbons (Fsp3) is 0.562. The highest BCUT2D eigenvalue weighted by Gasteiger charge is 2.28. The highest BCUT2D eigenvalue weighted by Crippen LogP contribution is 2.33. The number of carbonyl (C=O) groups excluding carboxylic acids is 1. The van der Waals surface area contributed by atoms with Crippen LogP contribution in [0.5, 0.6) is 5.75 Å². The molecule has 0 spiro atoms. The van der Waals surface area contributed by atoms with Gasteiger partial charge in [-0.25, -0.2) is 0 Å². The highest BCUT2D eigenvalue weighted by atomic mass is 16.5. The van der Waals surface area contributed by atoms with Crippen LogP contribution in [0.2, 0.25) is 0 Å². The highest BCUT2D eigenvalue weighted by molar-refractivity contribution is 6.00. The molecule has 0 atom stereocenters. The minimum atomic E-state index is 0.137. The summed E-state index contributed by atoms with van der Waals surface area (Å²) in [5.41, 5.74) is 7.53. The molecule has 0 radical (unpaired) electrons. The number of rotatable bonds is 4. The zero-order valence-corrected chi connectivity index (χ0v) is 11.8. The van der Waals surface area contributed by atoms with Crippen molar-refractivity contribution in [2.24, 2.45) is 17.6 Å². The third-order valence-corrected chi connectivity index (χ3v) is 4.17. The van der Waals surface area contributed by atoms with Gasteiger partial charge in [0.15, 0.2) is 5.78 Å². The Balaban J connectivity index is 2.14. The summed E-state index contributed by atoms with van der Waals surface area (Å²) in [6.45, 7) is 2.75. The first kappa shape index (κ1) is 14.1. The number of benzene rings is 1. The van der Waals surface area contributed by atoms with Crippen molar-refractivity contribution in [2.45, 2.75) is 32.6 Å². The maximum absolute atomic E-state index is 12.6. The van der Waals surface area contributed by atoms with Crippen molar-refractivity contribution < 1.29 is 9.53 Å². The zero-order chi connectivity index (χ0) is 13.8. The van der Waals surface area contributed by atoms with Crippen LogP contribution >= 0.6 is 0 Å². The van der Waals surface area contributed by atoms with Crippen LogP contribution in [0.3, 0.4) is 0 Å². The van der Waals surface area contributed by atoms with Crippen LogP contribution in [0.25, 0.3) is 0 Å². The number of aryl methyl sites for hydroxylation is 1. The monoisotopic (exact) mass is 261 g/mol. The lowest BCUT2D eigenvalue weighted by atomic mass is 9.78. The minimum absolute atomic E-state index is 0.137. The molecule has 2 rings (SSSR count). The molecule has 0 aromatic heterocycles. The van der Waals surface area contributed by atoms with Gasteiger partial charge in [-0.15, -0.1) is 0 Å². The summed E-state index contributed by atoms with van der Waals surface area (Å²) < 4.78 is 5.31. The Hall–Kier alpha value is -1.35. The lowest BCUT2D eigenvalue weighted by Gasteiger charge is -2.27. The predicted molar refractivity (Wildman–Crippen MR) is 76.6 cm³/mol. The average Bonchev–Trinajstić information content (AvgIpc) is 2.46. The first-order chi connectivity index (χ1) is 9.15. The average molecular weight is 261 g/mol. The van der Waals surface area contributed by atoms with Crippen LogP contribution in [0.1, 0.15) is 41.6 Å². The summed E-state index contributed by atoms with van der Waals surface area (Å²) in [6.07, 6.45) is 4.05. The second-order valence-electron chi connectivity index (χ2n) is 5.52. The molecule has 2 N–H and O–H groups in total. The summed E-state index contributed by atoms with van der Waals surface area (Å²) in [6, 6.07) is 5.80. The van der Waals surface area contributed by atoms with E-state index < -0.39 is 0 Å². The van der Waals surface area contributed by atoms with E-state index in [0.717, 1.165) is 43.4 Å². The van der Waals surface area contributed by atoms with Crippen LogP contribution < -0.4 is 10.5 Å². The van der Waals surface area contributed by atoms with Gasteiger partial charge in [0.2, 0.25) is 0 Å². The molecule has 3 nitrogen and oxygen atoms in total. The van der Waals surface area contributed by atoms with Gasteiger partial charge < -0.3 is 10.5 Å². The molecule has 1 aromatic rings. The van der Waals surface area contributed by atoms with Crippen molar-refractivity contribution in [3.63, 3.8) is 0 Å². The number of carbonyl (C=O) groups is 1. The van der Waals surface area contributed by atoms with Crippen LogP contribution in [0, 0.1) is 18.8 Å². The van der Waals surface area contributed by atoms with Gasteiger partial charge in [-0.2, -0.15) is 0 Å². The third kappa shape index (κ3) is 3.16. The molecule has 1 saturated carbocycles. The number of ether oxygens (including phenoxy) is 1. The first-order valence-corrected chi connectivity index (χ1v) is 7.04. The maximum Gasteiger partial charge on any atom is 0.169 e. The Morgan fingerprint density at radius 3 is 2.58 bits per heavy atom. The molecule has 1 fully saturated rings. The molecule has 0 aliphatic heterocycles. The van der Waals surface area contributed by atoms with Gasteiger partial charge >= 0.3 is 0 Å². The molecule has 3 heteroatoms. The Morgan fingerprint density at radius 2 is 2.00 bits per heavy atom. The standard InChI is InChI=1S/C16H23NO2/c1-11-3-8-15(19-2)14(9-11)16(18)13-6-4-12(10-17)5-7-13/h3,8-9,12-13H,4-7,10,17H2,1-2H3. The van der Waals surface area contributed by atoms with Crippen LogP contribution in [0.4, 0.5) is 0 Å². The fourth-order valence-electron chi connectivity index (χ4n) is 2.89. The topological polar surface area (TPSA) is 52.3 Å². The van der Waals surface area contributed by atoms with E-state index in [-0.39, 0.29) is 11.7 Å². The van der Waals surface area contributed by atoms with E-state index >= 15 is 0 Å². The molecule has 0 unspecified atom stereocenters. The number of hydrogen-bond donors (Lipinski definition) is 1. The SMILES string of the molecule is COc1ccc(C)cc1C(=O)C1CCC(CN)CC1. The molecular formula is C16H23NO2. The van der Waals surface area contributed by atoms with Crippen LogP contribution in [0.15, 0.2) is 18.2 Å². The summed E-state index contributed by atoms with van der Waals surface area (Å²) in [4.78, 5) is 12.6. The van der Waals surface area contributed by atoms with Crippen molar-refractivity contribution in [3.05, 3.63) is 29.3 Å². The van der Waals surface area contributed by atoms with Crippen molar-refractivity contribution in [1.29, 1.82) is 0 Å². The largest absolute Gasteiger partial charge is 0.496 e. The minimum Gasteiger partial charge on any atom is -0.496 e. The van der Waals surface area contributed by atoms with Crippen molar-refractivity contribution in [2.75, 3.05) is 13.7 Å². The first-order valence-electron chi connectivity index (χ1n) is 7.04. The predicted octanol–water partition coefficient (Wildman–Crippen LogP) is 2.95. The van der Waals surface area contributed by atoms with E-state index in [2.05, 4.69) is 0 Å². The Kier molecular flexibility index (Phi) is 4.59. The van der Waals surface area contributed by atoms with E-state index in [4.69, 9.17) is 10.5 Å². The van der Waals surface area contributed by atoms with E-state index in [1.165, 1.54) is 0 Å². The van der Waals surface area contributed by atoms with Gasteiger partial charge in [0.05, 0.1) is 12.7 Å². The smallest absolute Gasteiger partial charge is 0.169 e. The van der Waals surface area contributed by atoms with Gasteiger partial charge in [0.25, 0.3) is 0 Å². The van der Waals surface area contributed by atoms with Crippen molar-refractivity contribution in [3.8, 4) is 5.75 Å². The normalized spacial score (nSPS) is 23.1. The lowest BCUT2D eigenvalue weighted by molar-refractivity contribution is 0.0870. The molecule has 1 aromatic carbocycles. The molecule has 1 aliphatic rings. The van der Waals surface area contributed by atoms with Crippen molar-refractivity contribution >= 4 is 5.78 Å². The van der Waals surface area contributed by atoms with Gasteiger partial charge in [-0.05, 0) is 57.2 Å². The number of methoxy groups -OCH3 is 1. The lowest BCUT2D eigenvalue weighted by Crippen LogP contribution is -2.26. The molecule has 0 amide bonds. The van der Waals surface area contributed by atoms with E-state index in [9.17, 15) is 4.79 Å². The van der Waals surface area contributed by atoms with Crippen LogP contribution in [-0.4, -0.2) is 19.4 Å². The molecule has 104 valence electrons. The molecule has 1 aliphatic carbocycles. The Labute approximate surface area is 115 Å². The molecule has 0 saturated heterocycles. The fourth-order valence-corrected chi connectivity index (χ4v) is 2.89. The number of hydrogen-bond acceptors (Lipinski definition) is 3. The van der Waals surface area contributed by atoms with Crippen LogP contribution in [-0.2, 0) is 0 Å². The molecule has 0 bridgehead atoms. The van der Waals surface area contributed by atoms with Gasteiger partial charge in [-0.3, -0.25) is 4.79 Å². The summed E-state index contributed by atoms with van der Waals surface area (Å²) in [7, 11) is 1.62. The summed E-state index contributed by atoms with van der Waals surface area (Å²) in [5, 5.41) is 0. The number of ketones is 1. The van der Waals surface area contributed by atoms with Gasteiger partial charge in [0, 0.05) is 5.92 Å². The zero-order valence-electron chi connectivity index (χ0n) is 11.8. The van der Waals surface area contributed by atoms with E-state index in [1.807, 2.05) is 25.1 Å². The molecule has 0 heterocycles. The van der Waals surface area contributed by atoms with E-state index in [0.29, 0.717) is 11.7 Å². The third-order valence-electron chi connectivity index (χ3n) is 4.17. The van der Waals surface area contributed by atoms with Crippen molar-refractivity contribution in [1.82, 2.24) is 0 Å². The van der Waals surface area contributed by atoms with E-state index in [1.54, 1.807) is 7.11 Å². The molecule has 19 heavy (non-hydrogen) atoms. The van der Waals surface area contributed by atoms with Gasteiger partial charge in [0.1, 0.15) is 5.75 Å². The second-order valence-corrected chi connectivity index (χ2v) is 5.52. The molecular weight excluding hydrogens is 238 g/mol.